The molecule has 0 heterocycles. The summed E-state index contributed by atoms with van der Waals surface area (Å²) in [5.74, 6) is 3.24. The van der Waals surface area contributed by atoms with Gasteiger partial charge in [-0.2, -0.15) is 0 Å². The van der Waals surface area contributed by atoms with Crippen LogP contribution in [0.5, 0.6) is 11.5 Å². The zero-order chi connectivity index (χ0) is 15.2. The summed E-state index contributed by atoms with van der Waals surface area (Å²) in [4.78, 5) is 1.21. The summed E-state index contributed by atoms with van der Waals surface area (Å²) in [6, 6.07) is 14.3. The average Bonchev–Trinajstić information content (AvgIpc) is 2.48. The summed E-state index contributed by atoms with van der Waals surface area (Å²) < 4.78 is 6.19. The maximum absolute atomic E-state index is 6.19. The quantitative estimate of drug-likeness (QED) is 0.747. The molecule has 0 radical (unpaired) electrons. The standard InChI is InChI=1S/C18H23NOS/c1-4-21-18-11-7-10-17(15(18)12-19)20-16-9-6-5-8-14(16)13(2)3/h5-11,13H,4,12,19H2,1-3H3. The van der Waals surface area contributed by atoms with Gasteiger partial charge >= 0.3 is 0 Å². The van der Waals surface area contributed by atoms with Gasteiger partial charge in [-0.05, 0) is 35.4 Å². The highest BCUT2D eigenvalue weighted by molar-refractivity contribution is 7.99. The minimum atomic E-state index is 0.427. The third kappa shape index (κ3) is 3.80. The van der Waals surface area contributed by atoms with Crippen LogP contribution < -0.4 is 10.5 Å². The minimum absolute atomic E-state index is 0.427. The Kier molecular flexibility index (Phi) is 5.71. The van der Waals surface area contributed by atoms with Gasteiger partial charge in [-0.15, -0.1) is 11.8 Å². The molecular formula is C18H23NOS. The Morgan fingerprint density at radius 3 is 2.43 bits per heavy atom. The Morgan fingerprint density at radius 2 is 1.76 bits per heavy atom. The summed E-state index contributed by atoms with van der Waals surface area (Å²) in [6.07, 6.45) is 0. The molecule has 0 aromatic heterocycles. The molecule has 2 rings (SSSR count). The van der Waals surface area contributed by atoms with Gasteiger partial charge in [0.1, 0.15) is 11.5 Å². The van der Waals surface area contributed by atoms with Crippen LogP contribution in [0.1, 0.15) is 37.8 Å². The first-order chi connectivity index (χ1) is 10.2. The molecule has 0 aliphatic heterocycles. The topological polar surface area (TPSA) is 35.2 Å². The fourth-order valence-electron chi connectivity index (χ4n) is 2.30. The van der Waals surface area contributed by atoms with Gasteiger partial charge in [-0.3, -0.25) is 0 Å². The van der Waals surface area contributed by atoms with Crippen LogP contribution in [-0.2, 0) is 6.54 Å². The normalized spacial score (nSPS) is 10.9. The third-order valence-electron chi connectivity index (χ3n) is 3.35. The molecule has 2 nitrogen and oxygen atoms in total. The molecule has 3 heteroatoms. The van der Waals surface area contributed by atoms with Gasteiger partial charge in [0, 0.05) is 17.0 Å². The second kappa shape index (κ2) is 7.53. The highest BCUT2D eigenvalue weighted by atomic mass is 32.2. The summed E-state index contributed by atoms with van der Waals surface area (Å²) in [5.41, 5.74) is 8.24. The maximum atomic E-state index is 6.19. The number of rotatable bonds is 6. The van der Waals surface area contributed by atoms with Gasteiger partial charge in [0.15, 0.2) is 0 Å². The van der Waals surface area contributed by atoms with E-state index < -0.39 is 0 Å². The van der Waals surface area contributed by atoms with E-state index in [9.17, 15) is 0 Å². The summed E-state index contributed by atoms with van der Waals surface area (Å²) in [6.45, 7) is 6.99. The Morgan fingerprint density at radius 1 is 1.05 bits per heavy atom. The lowest BCUT2D eigenvalue weighted by molar-refractivity contribution is 0.465. The number of hydrogen-bond donors (Lipinski definition) is 1. The van der Waals surface area contributed by atoms with Crippen molar-refractivity contribution in [2.45, 2.75) is 38.1 Å². The van der Waals surface area contributed by atoms with E-state index in [4.69, 9.17) is 10.5 Å². The predicted molar refractivity (Wildman–Crippen MR) is 91.3 cm³/mol. The lowest BCUT2D eigenvalue weighted by atomic mass is 10.0. The second-order valence-corrected chi connectivity index (χ2v) is 6.47. The number of ether oxygens (including phenoxy) is 1. The van der Waals surface area contributed by atoms with Crippen LogP contribution in [0, 0.1) is 0 Å². The number of thioether (sulfide) groups is 1. The minimum Gasteiger partial charge on any atom is -0.457 e. The molecule has 0 saturated carbocycles. The molecule has 2 N–H and O–H groups in total. The summed E-state index contributed by atoms with van der Waals surface area (Å²) in [5, 5.41) is 0. The van der Waals surface area contributed by atoms with Crippen molar-refractivity contribution < 1.29 is 4.74 Å². The lowest BCUT2D eigenvalue weighted by Gasteiger charge is -2.17. The van der Waals surface area contributed by atoms with Crippen molar-refractivity contribution in [3.63, 3.8) is 0 Å². The van der Waals surface area contributed by atoms with Crippen molar-refractivity contribution in [3.8, 4) is 11.5 Å². The zero-order valence-corrected chi connectivity index (χ0v) is 13.7. The van der Waals surface area contributed by atoms with E-state index in [0.717, 1.165) is 22.8 Å². The smallest absolute Gasteiger partial charge is 0.133 e. The molecule has 21 heavy (non-hydrogen) atoms. The van der Waals surface area contributed by atoms with Gasteiger partial charge in [-0.1, -0.05) is 45.0 Å². The van der Waals surface area contributed by atoms with Crippen LogP contribution in [0.4, 0.5) is 0 Å². The Balaban J connectivity index is 2.38. The van der Waals surface area contributed by atoms with E-state index in [1.54, 1.807) is 11.8 Å². The number of nitrogens with two attached hydrogens (primary N) is 1. The molecule has 0 aliphatic rings. The van der Waals surface area contributed by atoms with Crippen molar-refractivity contribution in [2.75, 3.05) is 5.75 Å². The van der Waals surface area contributed by atoms with E-state index in [1.807, 2.05) is 24.3 Å². The van der Waals surface area contributed by atoms with E-state index >= 15 is 0 Å². The monoisotopic (exact) mass is 301 g/mol. The predicted octanol–water partition coefficient (Wildman–Crippen LogP) is 5.17. The van der Waals surface area contributed by atoms with Crippen molar-refractivity contribution in [1.82, 2.24) is 0 Å². The van der Waals surface area contributed by atoms with Crippen LogP contribution in [0.15, 0.2) is 47.4 Å². The summed E-state index contributed by atoms with van der Waals surface area (Å²) >= 11 is 1.80. The molecule has 0 saturated heterocycles. The highest BCUT2D eigenvalue weighted by Gasteiger charge is 2.12. The second-order valence-electron chi connectivity index (χ2n) is 5.16. The van der Waals surface area contributed by atoms with E-state index in [2.05, 4.69) is 39.0 Å². The average molecular weight is 301 g/mol. The number of benzene rings is 2. The van der Waals surface area contributed by atoms with Crippen LogP contribution >= 0.6 is 11.8 Å². The molecule has 0 atom stereocenters. The zero-order valence-electron chi connectivity index (χ0n) is 12.9. The molecule has 2 aromatic rings. The van der Waals surface area contributed by atoms with Crippen molar-refractivity contribution in [2.24, 2.45) is 5.73 Å². The Labute approximate surface area is 131 Å². The molecule has 2 aromatic carbocycles. The molecule has 0 unspecified atom stereocenters. The fraction of sp³-hybridized carbons (Fsp3) is 0.333. The van der Waals surface area contributed by atoms with Gasteiger partial charge < -0.3 is 10.5 Å². The summed E-state index contributed by atoms with van der Waals surface area (Å²) in [7, 11) is 0. The number of hydrogen-bond acceptors (Lipinski definition) is 3. The molecule has 0 spiro atoms. The highest BCUT2D eigenvalue weighted by Crippen LogP contribution is 2.35. The van der Waals surface area contributed by atoms with Gasteiger partial charge in [0.25, 0.3) is 0 Å². The first kappa shape index (κ1) is 15.9. The van der Waals surface area contributed by atoms with Crippen molar-refractivity contribution >= 4 is 11.8 Å². The van der Waals surface area contributed by atoms with Crippen molar-refractivity contribution in [3.05, 3.63) is 53.6 Å². The molecule has 0 aliphatic carbocycles. The molecule has 0 bridgehead atoms. The van der Waals surface area contributed by atoms with Crippen molar-refractivity contribution in [1.29, 1.82) is 0 Å². The van der Waals surface area contributed by atoms with Crippen LogP contribution in [-0.4, -0.2) is 5.75 Å². The van der Waals surface area contributed by atoms with E-state index in [0.29, 0.717) is 12.5 Å². The van der Waals surface area contributed by atoms with Gasteiger partial charge in [0.2, 0.25) is 0 Å². The first-order valence-electron chi connectivity index (χ1n) is 7.38. The van der Waals surface area contributed by atoms with E-state index in [-0.39, 0.29) is 0 Å². The SMILES string of the molecule is CCSc1cccc(Oc2ccccc2C(C)C)c1CN. The van der Waals surface area contributed by atoms with E-state index in [1.165, 1.54) is 10.5 Å². The molecular weight excluding hydrogens is 278 g/mol. The van der Waals surface area contributed by atoms with Gasteiger partial charge in [0.05, 0.1) is 0 Å². The van der Waals surface area contributed by atoms with Crippen LogP contribution in [0.3, 0.4) is 0 Å². The largest absolute Gasteiger partial charge is 0.457 e. The van der Waals surface area contributed by atoms with Crippen LogP contribution in [0.25, 0.3) is 0 Å². The Bertz CT molecular complexity index is 596. The number of para-hydroxylation sites is 1. The van der Waals surface area contributed by atoms with Gasteiger partial charge in [-0.25, -0.2) is 0 Å². The first-order valence-corrected chi connectivity index (χ1v) is 8.37. The molecule has 112 valence electrons. The van der Waals surface area contributed by atoms with Crippen LogP contribution in [0.2, 0.25) is 0 Å². The maximum Gasteiger partial charge on any atom is 0.133 e. The lowest BCUT2D eigenvalue weighted by Crippen LogP contribution is -2.02. The molecule has 0 fully saturated rings. The third-order valence-corrected chi connectivity index (χ3v) is 4.34. The molecule has 0 amide bonds. The fourth-order valence-corrected chi connectivity index (χ4v) is 3.15. The Hall–Kier alpha value is -1.45.